The van der Waals surface area contributed by atoms with Crippen molar-refractivity contribution in [2.45, 2.75) is 31.2 Å². The van der Waals surface area contributed by atoms with Crippen molar-refractivity contribution in [2.24, 2.45) is 0 Å². The SMILES string of the molecule is O=C([C@@H](O)c1ccccc1)N(CCc1ccc(C(F)(F)F)nc1)c1ccc2c(c1)[C@H](O)CCO2. The fourth-order valence-electron chi connectivity index (χ4n) is 3.80. The Kier molecular flexibility index (Phi) is 6.85. The van der Waals surface area contributed by atoms with E-state index < -0.39 is 30.0 Å². The number of carbonyl (C=O) groups excluding carboxylic acids is 1. The van der Waals surface area contributed by atoms with Crippen LogP contribution >= 0.6 is 0 Å². The molecule has 4 rings (SSSR count). The number of aromatic nitrogens is 1. The molecule has 3 aromatic rings. The smallest absolute Gasteiger partial charge is 0.433 e. The second-order valence-electron chi connectivity index (χ2n) is 7.98. The second-order valence-corrected chi connectivity index (χ2v) is 7.98. The van der Waals surface area contributed by atoms with Gasteiger partial charge in [-0.1, -0.05) is 36.4 Å². The summed E-state index contributed by atoms with van der Waals surface area (Å²) in [6.45, 7) is 0.454. The van der Waals surface area contributed by atoms with Crippen molar-refractivity contribution >= 4 is 11.6 Å². The molecule has 2 aromatic carbocycles. The summed E-state index contributed by atoms with van der Waals surface area (Å²) >= 11 is 0. The fourth-order valence-corrected chi connectivity index (χ4v) is 3.80. The maximum Gasteiger partial charge on any atom is 0.433 e. The summed E-state index contributed by atoms with van der Waals surface area (Å²) in [5.74, 6) is -0.0808. The van der Waals surface area contributed by atoms with Crippen LogP contribution in [0.1, 0.15) is 41.0 Å². The maximum absolute atomic E-state index is 13.3. The first kappa shape index (κ1) is 23.7. The number of anilines is 1. The molecule has 1 aliphatic heterocycles. The lowest BCUT2D eigenvalue weighted by Gasteiger charge is -2.28. The average Bonchev–Trinajstić information content (AvgIpc) is 2.84. The Labute approximate surface area is 194 Å². The predicted molar refractivity (Wildman–Crippen MR) is 118 cm³/mol. The minimum absolute atomic E-state index is 0.0749. The third kappa shape index (κ3) is 5.21. The van der Waals surface area contributed by atoms with Crippen LogP contribution in [-0.2, 0) is 17.4 Å². The molecule has 2 heterocycles. The van der Waals surface area contributed by atoms with Gasteiger partial charge in [0.2, 0.25) is 0 Å². The largest absolute Gasteiger partial charge is 0.493 e. The van der Waals surface area contributed by atoms with Crippen LogP contribution in [0.25, 0.3) is 0 Å². The van der Waals surface area contributed by atoms with Gasteiger partial charge in [0.05, 0.1) is 12.7 Å². The number of amides is 1. The number of fused-ring (bicyclic) bond motifs is 1. The second kappa shape index (κ2) is 9.82. The minimum atomic E-state index is -4.54. The van der Waals surface area contributed by atoms with Crippen molar-refractivity contribution in [1.82, 2.24) is 4.98 Å². The van der Waals surface area contributed by atoms with Gasteiger partial charge in [0.1, 0.15) is 11.4 Å². The standard InChI is InChI=1S/C25H23F3N2O4/c26-25(27,28)22-9-6-16(15-29-22)10-12-30(24(33)23(32)17-4-2-1-3-5-17)18-7-8-21-19(14-18)20(31)11-13-34-21/h1-9,14-15,20,23,31-32H,10-13H2/t20-,23+/m1/s1. The lowest BCUT2D eigenvalue weighted by Crippen LogP contribution is -2.37. The summed E-state index contributed by atoms with van der Waals surface area (Å²) in [6, 6.07) is 15.6. The molecule has 2 N–H and O–H groups in total. The Bertz CT molecular complexity index is 1140. The molecule has 0 saturated carbocycles. The zero-order valence-corrected chi connectivity index (χ0v) is 18.1. The lowest BCUT2D eigenvalue weighted by molar-refractivity contribution is -0.141. The van der Waals surface area contributed by atoms with E-state index in [-0.39, 0.29) is 13.0 Å². The minimum Gasteiger partial charge on any atom is -0.493 e. The van der Waals surface area contributed by atoms with E-state index in [0.717, 1.165) is 12.3 Å². The van der Waals surface area contributed by atoms with Gasteiger partial charge in [-0.2, -0.15) is 13.2 Å². The van der Waals surface area contributed by atoms with E-state index in [1.54, 1.807) is 48.5 Å². The van der Waals surface area contributed by atoms with E-state index in [9.17, 15) is 28.2 Å². The molecule has 0 radical (unpaired) electrons. The van der Waals surface area contributed by atoms with Gasteiger partial charge < -0.3 is 19.8 Å². The number of benzene rings is 2. The van der Waals surface area contributed by atoms with Crippen LogP contribution in [0.3, 0.4) is 0 Å². The third-order valence-electron chi connectivity index (χ3n) is 5.67. The zero-order valence-electron chi connectivity index (χ0n) is 18.1. The first-order valence-electron chi connectivity index (χ1n) is 10.8. The summed E-state index contributed by atoms with van der Waals surface area (Å²) < 4.78 is 44.0. The number of alkyl halides is 3. The van der Waals surface area contributed by atoms with E-state index in [2.05, 4.69) is 4.98 Å². The van der Waals surface area contributed by atoms with E-state index in [0.29, 0.717) is 41.2 Å². The van der Waals surface area contributed by atoms with E-state index in [1.165, 1.54) is 11.0 Å². The van der Waals surface area contributed by atoms with Gasteiger partial charge >= 0.3 is 6.18 Å². The highest BCUT2D eigenvalue weighted by atomic mass is 19.4. The van der Waals surface area contributed by atoms with E-state index >= 15 is 0 Å². The zero-order chi connectivity index (χ0) is 24.3. The molecule has 0 bridgehead atoms. The van der Waals surface area contributed by atoms with E-state index in [1.807, 2.05) is 0 Å². The van der Waals surface area contributed by atoms with Crippen molar-refractivity contribution in [1.29, 1.82) is 0 Å². The summed E-state index contributed by atoms with van der Waals surface area (Å²) in [7, 11) is 0. The van der Waals surface area contributed by atoms with Gasteiger partial charge in [0.25, 0.3) is 5.91 Å². The number of aliphatic hydroxyl groups excluding tert-OH is 2. The van der Waals surface area contributed by atoms with Crippen molar-refractivity contribution in [3.05, 3.63) is 89.2 Å². The monoisotopic (exact) mass is 472 g/mol. The van der Waals surface area contributed by atoms with Crippen LogP contribution in [0, 0.1) is 0 Å². The number of hydrogen-bond donors (Lipinski definition) is 2. The molecule has 0 spiro atoms. The lowest BCUT2D eigenvalue weighted by atomic mass is 10.0. The van der Waals surface area contributed by atoms with Crippen molar-refractivity contribution < 1.29 is 32.9 Å². The van der Waals surface area contributed by atoms with Crippen molar-refractivity contribution in [3.8, 4) is 5.75 Å². The molecule has 6 nitrogen and oxygen atoms in total. The van der Waals surface area contributed by atoms with Crippen LogP contribution in [0.2, 0.25) is 0 Å². The summed E-state index contributed by atoms with van der Waals surface area (Å²) in [6.07, 6.45) is -4.98. The molecule has 0 aliphatic carbocycles. The Morgan fingerprint density at radius 3 is 2.59 bits per heavy atom. The molecule has 9 heteroatoms. The molecular formula is C25H23F3N2O4. The van der Waals surface area contributed by atoms with Crippen LogP contribution in [0.5, 0.6) is 5.75 Å². The summed E-state index contributed by atoms with van der Waals surface area (Å²) in [5.41, 5.74) is 0.888. The van der Waals surface area contributed by atoms with Gasteiger partial charge in [-0.25, -0.2) is 0 Å². The average molecular weight is 472 g/mol. The van der Waals surface area contributed by atoms with Gasteiger partial charge in [-0.05, 0) is 41.8 Å². The Morgan fingerprint density at radius 2 is 1.91 bits per heavy atom. The highest BCUT2D eigenvalue weighted by molar-refractivity contribution is 5.97. The Hall–Kier alpha value is -3.43. The first-order chi connectivity index (χ1) is 16.2. The van der Waals surface area contributed by atoms with E-state index in [4.69, 9.17) is 4.74 Å². The number of nitrogens with zero attached hydrogens (tertiary/aromatic N) is 2. The van der Waals surface area contributed by atoms with Crippen LogP contribution in [0.4, 0.5) is 18.9 Å². The van der Waals surface area contributed by atoms with Gasteiger partial charge in [-0.15, -0.1) is 0 Å². The quantitative estimate of drug-likeness (QED) is 0.561. The molecule has 0 fully saturated rings. The molecule has 1 aliphatic rings. The fraction of sp³-hybridized carbons (Fsp3) is 0.280. The van der Waals surface area contributed by atoms with Crippen molar-refractivity contribution in [2.75, 3.05) is 18.1 Å². The number of rotatable bonds is 6. The van der Waals surface area contributed by atoms with Crippen LogP contribution in [0.15, 0.2) is 66.9 Å². The Morgan fingerprint density at radius 1 is 1.15 bits per heavy atom. The van der Waals surface area contributed by atoms with Gasteiger partial charge in [0, 0.05) is 30.4 Å². The highest BCUT2D eigenvalue weighted by Crippen LogP contribution is 2.36. The van der Waals surface area contributed by atoms with Gasteiger partial charge in [-0.3, -0.25) is 9.78 Å². The molecule has 1 aromatic heterocycles. The number of halogens is 3. The number of ether oxygens (including phenoxy) is 1. The molecular weight excluding hydrogens is 449 g/mol. The number of hydrogen-bond acceptors (Lipinski definition) is 5. The normalized spacial score (nSPS) is 16.3. The third-order valence-corrected chi connectivity index (χ3v) is 5.67. The summed E-state index contributed by atoms with van der Waals surface area (Å²) in [5, 5.41) is 21.1. The molecule has 0 unspecified atom stereocenters. The molecule has 1 amide bonds. The number of aliphatic hydroxyl groups is 2. The van der Waals surface area contributed by atoms with Crippen LogP contribution in [-0.4, -0.2) is 34.3 Å². The summed E-state index contributed by atoms with van der Waals surface area (Å²) in [4.78, 5) is 18.1. The van der Waals surface area contributed by atoms with Crippen molar-refractivity contribution in [3.63, 3.8) is 0 Å². The molecule has 178 valence electrons. The number of carbonyl (C=O) groups is 1. The maximum atomic E-state index is 13.3. The molecule has 0 saturated heterocycles. The van der Waals surface area contributed by atoms with Gasteiger partial charge in [0.15, 0.2) is 6.10 Å². The Balaban J connectivity index is 1.61. The molecule has 34 heavy (non-hydrogen) atoms. The van der Waals surface area contributed by atoms with Crippen LogP contribution < -0.4 is 9.64 Å². The number of pyridine rings is 1. The predicted octanol–water partition coefficient (Wildman–Crippen LogP) is 4.23. The first-order valence-corrected chi connectivity index (χ1v) is 10.8. The topological polar surface area (TPSA) is 82.9 Å². The highest BCUT2D eigenvalue weighted by Gasteiger charge is 2.32. The molecule has 2 atom stereocenters.